The number of hydrogen-bond acceptors (Lipinski definition) is 2. The monoisotopic (exact) mass is 278 g/mol. The minimum Gasteiger partial charge on any atom is -0.383 e. The van der Waals surface area contributed by atoms with Gasteiger partial charge in [-0.25, -0.2) is 4.98 Å². The molecule has 102 valence electrons. The Bertz CT molecular complexity index is 546. The van der Waals surface area contributed by atoms with Crippen LogP contribution in [0.15, 0.2) is 43.0 Å². The number of nitrogens with zero attached hydrogens (tertiary/aromatic N) is 2. The van der Waals surface area contributed by atoms with Gasteiger partial charge in [-0.2, -0.15) is 0 Å². The molecule has 1 heterocycles. The Kier molecular flexibility index (Phi) is 3.70. The van der Waals surface area contributed by atoms with Crippen molar-refractivity contribution >= 4 is 11.6 Å². The van der Waals surface area contributed by atoms with Crippen molar-refractivity contribution in [2.75, 3.05) is 0 Å². The first-order valence-electron chi connectivity index (χ1n) is 6.28. The largest absolute Gasteiger partial charge is 0.383 e. The second-order valence-electron chi connectivity index (χ2n) is 5.83. The van der Waals surface area contributed by atoms with Crippen molar-refractivity contribution in [3.8, 4) is 0 Å². The number of halogens is 1. The third-order valence-corrected chi connectivity index (χ3v) is 3.86. The molecule has 1 aromatic heterocycles. The number of benzene rings is 1. The second-order valence-corrected chi connectivity index (χ2v) is 6.23. The van der Waals surface area contributed by atoms with Gasteiger partial charge < -0.3 is 9.67 Å². The number of rotatable bonds is 3. The molecule has 0 aliphatic heterocycles. The molecule has 0 fully saturated rings. The summed E-state index contributed by atoms with van der Waals surface area (Å²) in [5, 5.41) is 11.8. The van der Waals surface area contributed by atoms with Crippen molar-refractivity contribution in [1.29, 1.82) is 0 Å². The average molecular weight is 279 g/mol. The lowest BCUT2D eigenvalue weighted by molar-refractivity contribution is -0.0780. The van der Waals surface area contributed by atoms with E-state index in [4.69, 9.17) is 11.6 Å². The van der Waals surface area contributed by atoms with Crippen molar-refractivity contribution in [3.05, 3.63) is 53.6 Å². The molecule has 0 radical (unpaired) electrons. The highest BCUT2D eigenvalue weighted by atomic mass is 35.5. The fourth-order valence-electron chi connectivity index (χ4n) is 2.17. The topological polar surface area (TPSA) is 38.0 Å². The maximum absolute atomic E-state index is 11.2. The van der Waals surface area contributed by atoms with Crippen LogP contribution in [0.2, 0.25) is 5.02 Å². The van der Waals surface area contributed by atoms with Gasteiger partial charge in [0.15, 0.2) is 0 Å². The zero-order valence-electron chi connectivity index (χ0n) is 11.5. The van der Waals surface area contributed by atoms with Gasteiger partial charge in [0.05, 0.1) is 12.9 Å². The molecule has 0 aliphatic carbocycles. The van der Waals surface area contributed by atoms with Crippen LogP contribution in [0.3, 0.4) is 0 Å². The van der Waals surface area contributed by atoms with Gasteiger partial charge in [-0.15, -0.1) is 0 Å². The van der Waals surface area contributed by atoms with E-state index in [1.165, 1.54) is 0 Å². The molecular formula is C15H19ClN2O. The van der Waals surface area contributed by atoms with Crippen molar-refractivity contribution in [1.82, 2.24) is 9.55 Å². The van der Waals surface area contributed by atoms with Crippen molar-refractivity contribution in [3.63, 3.8) is 0 Å². The lowest BCUT2D eigenvalue weighted by Crippen LogP contribution is -2.43. The summed E-state index contributed by atoms with van der Waals surface area (Å²) in [7, 11) is 0. The highest BCUT2D eigenvalue weighted by molar-refractivity contribution is 6.31. The summed E-state index contributed by atoms with van der Waals surface area (Å²) < 4.78 is 1.87. The molecule has 1 aromatic carbocycles. The summed E-state index contributed by atoms with van der Waals surface area (Å²) in [5.41, 5.74) is -0.674. The minimum absolute atomic E-state index is 0.359. The molecule has 0 amide bonds. The van der Waals surface area contributed by atoms with Crippen LogP contribution in [0.5, 0.6) is 0 Å². The fraction of sp³-hybridized carbons (Fsp3) is 0.400. The van der Waals surface area contributed by atoms with E-state index in [1.807, 2.05) is 55.8 Å². The molecule has 1 N–H and O–H groups in total. The van der Waals surface area contributed by atoms with E-state index in [0.29, 0.717) is 11.6 Å². The molecule has 2 rings (SSSR count). The average Bonchev–Trinajstić information content (AvgIpc) is 2.80. The molecular weight excluding hydrogens is 260 g/mol. The summed E-state index contributed by atoms with van der Waals surface area (Å²) in [5.74, 6) is 0. The third kappa shape index (κ3) is 2.67. The molecule has 19 heavy (non-hydrogen) atoms. The standard InChI is InChI=1S/C15H19ClN2O/c1-14(2,3)15(19,10-18-9-8-17-11-18)12-6-4-5-7-13(12)16/h4-9,11,19H,10H2,1-3H3. The quantitative estimate of drug-likeness (QED) is 0.934. The predicted molar refractivity (Wildman–Crippen MR) is 77.0 cm³/mol. The SMILES string of the molecule is CC(C)(C)C(O)(Cn1ccnc1)c1ccccc1Cl. The van der Waals surface area contributed by atoms with E-state index in [0.717, 1.165) is 5.56 Å². The molecule has 0 aliphatic rings. The van der Waals surface area contributed by atoms with Crippen LogP contribution in [0.1, 0.15) is 26.3 Å². The number of hydrogen-bond donors (Lipinski definition) is 1. The van der Waals surface area contributed by atoms with Gasteiger partial charge in [0.1, 0.15) is 5.60 Å². The van der Waals surface area contributed by atoms with Gasteiger partial charge in [-0.3, -0.25) is 0 Å². The molecule has 0 spiro atoms. The van der Waals surface area contributed by atoms with Crippen molar-refractivity contribution in [2.24, 2.45) is 5.41 Å². The molecule has 0 saturated carbocycles. The summed E-state index contributed by atoms with van der Waals surface area (Å²) >= 11 is 6.27. The first kappa shape index (κ1) is 14.1. The van der Waals surface area contributed by atoms with Crippen LogP contribution in [-0.2, 0) is 12.1 Å². The number of imidazole rings is 1. The molecule has 2 aromatic rings. The Morgan fingerprint density at radius 1 is 1.26 bits per heavy atom. The van der Waals surface area contributed by atoms with E-state index < -0.39 is 5.60 Å². The summed E-state index contributed by atoms with van der Waals surface area (Å²) in [6.07, 6.45) is 5.25. The van der Waals surface area contributed by atoms with Crippen LogP contribution in [0, 0.1) is 5.41 Å². The predicted octanol–water partition coefficient (Wildman–Crippen LogP) is 3.47. The highest BCUT2D eigenvalue weighted by Crippen LogP contribution is 2.43. The Hall–Kier alpha value is -1.32. The lowest BCUT2D eigenvalue weighted by atomic mass is 9.72. The van der Waals surface area contributed by atoms with E-state index in [-0.39, 0.29) is 5.41 Å². The van der Waals surface area contributed by atoms with Crippen molar-refractivity contribution in [2.45, 2.75) is 32.9 Å². The van der Waals surface area contributed by atoms with Crippen LogP contribution >= 0.6 is 11.6 Å². The number of aromatic nitrogens is 2. The lowest BCUT2D eigenvalue weighted by Gasteiger charge is -2.41. The summed E-state index contributed by atoms with van der Waals surface area (Å²) in [6, 6.07) is 7.45. The summed E-state index contributed by atoms with van der Waals surface area (Å²) in [4.78, 5) is 4.02. The molecule has 1 unspecified atom stereocenters. The zero-order chi connectivity index (χ0) is 14.1. The molecule has 3 nitrogen and oxygen atoms in total. The first-order chi connectivity index (χ1) is 8.84. The van der Waals surface area contributed by atoms with Gasteiger partial charge in [-0.05, 0) is 11.5 Å². The summed E-state index contributed by atoms with van der Waals surface area (Å²) in [6.45, 7) is 6.44. The Morgan fingerprint density at radius 2 is 1.95 bits per heavy atom. The van der Waals surface area contributed by atoms with Gasteiger partial charge >= 0.3 is 0 Å². The Labute approximate surface area is 118 Å². The third-order valence-electron chi connectivity index (χ3n) is 3.53. The van der Waals surface area contributed by atoms with Gasteiger partial charge in [0, 0.05) is 23.0 Å². The Morgan fingerprint density at radius 3 is 2.47 bits per heavy atom. The van der Waals surface area contributed by atoms with E-state index in [1.54, 1.807) is 12.5 Å². The Balaban J connectivity index is 2.50. The van der Waals surface area contributed by atoms with Gasteiger partial charge in [0.25, 0.3) is 0 Å². The van der Waals surface area contributed by atoms with Gasteiger partial charge in [-0.1, -0.05) is 50.6 Å². The fourth-order valence-corrected chi connectivity index (χ4v) is 2.46. The van der Waals surface area contributed by atoms with Crippen LogP contribution in [-0.4, -0.2) is 14.7 Å². The maximum atomic E-state index is 11.2. The zero-order valence-corrected chi connectivity index (χ0v) is 12.2. The van der Waals surface area contributed by atoms with E-state index >= 15 is 0 Å². The van der Waals surface area contributed by atoms with Crippen LogP contribution < -0.4 is 0 Å². The normalized spacial score (nSPS) is 15.2. The number of aliphatic hydroxyl groups is 1. The van der Waals surface area contributed by atoms with Crippen LogP contribution in [0.4, 0.5) is 0 Å². The van der Waals surface area contributed by atoms with E-state index in [9.17, 15) is 5.11 Å². The van der Waals surface area contributed by atoms with Crippen molar-refractivity contribution < 1.29 is 5.11 Å². The molecule has 4 heteroatoms. The first-order valence-corrected chi connectivity index (χ1v) is 6.65. The maximum Gasteiger partial charge on any atom is 0.114 e. The minimum atomic E-state index is -1.06. The van der Waals surface area contributed by atoms with Gasteiger partial charge in [0.2, 0.25) is 0 Å². The molecule has 0 bridgehead atoms. The second kappa shape index (κ2) is 4.99. The van der Waals surface area contributed by atoms with E-state index in [2.05, 4.69) is 4.98 Å². The van der Waals surface area contributed by atoms with Crippen LogP contribution in [0.25, 0.3) is 0 Å². The molecule has 1 atom stereocenters. The highest BCUT2D eigenvalue weighted by Gasteiger charge is 2.43. The molecule has 0 saturated heterocycles. The smallest absolute Gasteiger partial charge is 0.114 e.